The zero-order valence-corrected chi connectivity index (χ0v) is 12.6. The van der Waals surface area contributed by atoms with Crippen LogP contribution in [0.1, 0.15) is 15.9 Å². The van der Waals surface area contributed by atoms with Crippen LogP contribution >= 0.6 is 23.2 Å². The molecule has 2 aromatic rings. The zero-order chi connectivity index (χ0) is 16.3. The van der Waals surface area contributed by atoms with Gasteiger partial charge in [0.1, 0.15) is 5.82 Å². The van der Waals surface area contributed by atoms with Crippen molar-refractivity contribution in [3.8, 4) is 0 Å². The van der Waals surface area contributed by atoms with Gasteiger partial charge in [0, 0.05) is 10.6 Å². The molecular weight excluding hydrogens is 338 g/mol. The van der Waals surface area contributed by atoms with Crippen LogP contribution in [0.2, 0.25) is 10.0 Å². The molecule has 0 spiro atoms. The van der Waals surface area contributed by atoms with Gasteiger partial charge in [-0.05, 0) is 30.3 Å². The first-order valence-corrected chi connectivity index (χ1v) is 6.93. The molecule has 7 heteroatoms. The summed E-state index contributed by atoms with van der Waals surface area (Å²) in [6.45, 7) is -1.01. The molecule has 0 saturated heterocycles. The maximum Gasteiger partial charge on any atom is 0.291 e. The standard InChI is InChI=1S/C15H10Cl2F3NO/c16-9-5-6-11(12(17)7-9)15(19,20)8-21-14(22)10-3-1-2-4-13(10)18/h1-7H,8H2,(H,21,22). The van der Waals surface area contributed by atoms with E-state index in [9.17, 15) is 18.0 Å². The maximum atomic E-state index is 14.1. The second-order valence-corrected chi connectivity index (χ2v) is 5.33. The van der Waals surface area contributed by atoms with Gasteiger partial charge in [0.25, 0.3) is 11.8 Å². The van der Waals surface area contributed by atoms with Gasteiger partial charge in [-0.3, -0.25) is 4.79 Å². The van der Waals surface area contributed by atoms with Crippen molar-refractivity contribution in [1.82, 2.24) is 5.32 Å². The van der Waals surface area contributed by atoms with Crippen LogP contribution in [0.3, 0.4) is 0 Å². The molecule has 0 radical (unpaired) electrons. The minimum atomic E-state index is -3.41. The lowest BCUT2D eigenvalue weighted by atomic mass is 10.1. The number of carbonyl (C=O) groups excluding carboxylic acids is 1. The monoisotopic (exact) mass is 347 g/mol. The molecular formula is C15H10Cl2F3NO. The van der Waals surface area contributed by atoms with Gasteiger partial charge in [-0.25, -0.2) is 4.39 Å². The van der Waals surface area contributed by atoms with Crippen molar-refractivity contribution in [1.29, 1.82) is 0 Å². The van der Waals surface area contributed by atoms with E-state index in [0.717, 1.165) is 12.1 Å². The zero-order valence-electron chi connectivity index (χ0n) is 11.0. The summed E-state index contributed by atoms with van der Waals surface area (Å²) in [6, 6.07) is 8.65. The fourth-order valence-corrected chi connectivity index (χ4v) is 2.36. The quantitative estimate of drug-likeness (QED) is 0.856. The Morgan fingerprint density at radius 3 is 2.45 bits per heavy atom. The van der Waals surface area contributed by atoms with E-state index in [4.69, 9.17) is 23.2 Å². The lowest BCUT2D eigenvalue weighted by Gasteiger charge is -2.19. The molecule has 1 N–H and O–H groups in total. The fraction of sp³-hybridized carbons (Fsp3) is 0.133. The third kappa shape index (κ3) is 3.72. The van der Waals surface area contributed by atoms with E-state index in [0.29, 0.717) is 0 Å². The van der Waals surface area contributed by atoms with E-state index < -0.39 is 29.8 Å². The van der Waals surface area contributed by atoms with Gasteiger partial charge in [0.2, 0.25) is 0 Å². The Hall–Kier alpha value is -1.72. The minimum Gasteiger partial charge on any atom is -0.346 e. The molecule has 0 heterocycles. The van der Waals surface area contributed by atoms with Crippen LogP contribution < -0.4 is 5.32 Å². The average molecular weight is 348 g/mol. The predicted octanol–water partition coefficient (Wildman–Crippen LogP) is 4.65. The molecule has 116 valence electrons. The van der Waals surface area contributed by atoms with E-state index in [1.54, 1.807) is 0 Å². The van der Waals surface area contributed by atoms with Crippen molar-refractivity contribution in [3.05, 3.63) is 69.5 Å². The summed E-state index contributed by atoms with van der Waals surface area (Å²) in [5, 5.41) is 2.01. The number of nitrogens with one attached hydrogen (secondary N) is 1. The molecule has 2 nitrogen and oxygen atoms in total. The SMILES string of the molecule is O=C(NCC(F)(F)c1ccc(Cl)cc1Cl)c1ccccc1F. The fourth-order valence-electron chi connectivity index (χ4n) is 1.81. The van der Waals surface area contributed by atoms with E-state index in [-0.39, 0.29) is 15.6 Å². The highest BCUT2D eigenvalue weighted by Crippen LogP contribution is 2.34. The molecule has 2 aromatic carbocycles. The largest absolute Gasteiger partial charge is 0.346 e. The summed E-state index contributed by atoms with van der Waals surface area (Å²) in [4.78, 5) is 11.7. The highest BCUT2D eigenvalue weighted by Gasteiger charge is 2.34. The molecule has 0 fully saturated rings. The molecule has 22 heavy (non-hydrogen) atoms. The molecule has 0 aromatic heterocycles. The maximum absolute atomic E-state index is 14.1. The van der Waals surface area contributed by atoms with Gasteiger partial charge in [-0.2, -0.15) is 8.78 Å². The molecule has 2 rings (SSSR count). The second kappa shape index (κ2) is 6.58. The predicted molar refractivity (Wildman–Crippen MR) is 79.1 cm³/mol. The summed E-state index contributed by atoms with van der Waals surface area (Å²) < 4.78 is 41.6. The normalized spacial score (nSPS) is 11.3. The Kier molecular flexibility index (Phi) is 4.98. The van der Waals surface area contributed by atoms with Gasteiger partial charge < -0.3 is 5.32 Å². The van der Waals surface area contributed by atoms with E-state index in [2.05, 4.69) is 0 Å². The van der Waals surface area contributed by atoms with E-state index >= 15 is 0 Å². The number of alkyl halides is 2. The summed E-state index contributed by atoms with van der Waals surface area (Å²) in [5.41, 5.74) is -0.770. The van der Waals surface area contributed by atoms with Gasteiger partial charge >= 0.3 is 0 Å². The summed E-state index contributed by atoms with van der Waals surface area (Å²) >= 11 is 11.4. The Balaban J connectivity index is 2.13. The van der Waals surface area contributed by atoms with Crippen molar-refractivity contribution in [3.63, 3.8) is 0 Å². The smallest absolute Gasteiger partial charge is 0.291 e. The van der Waals surface area contributed by atoms with Crippen LogP contribution in [0.25, 0.3) is 0 Å². The third-order valence-corrected chi connectivity index (χ3v) is 3.46. The molecule has 1 amide bonds. The Labute approximate surface area is 134 Å². The number of hydrogen-bond acceptors (Lipinski definition) is 1. The number of benzene rings is 2. The number of hydrogen-bond donors (Lipinski definition) is 1. The molecule has 0 unspecified atom stereocenters. The third-order valence-electron chi connectivity index (χ3n) is 2.91. The summed E-state index contributed by atoms with van der Waals surface area (Å²) in [7, 11) is 0. The van der Waals surface area contributed by atoms with Crippen molar-refractivity contribution < 1.29 is 18.0 Å². The van der Waals surface area contributed by atoms with Crippen LogP contribution in [0.5, 0.6) is 0 Å². The van der Waals surface area contributed by atoms with Crippen molar-refractivity contribution in [2.45, 2.75) is 5.92 Å². The second-order valence-electron chi connectivity index (χ2n) is 4.49. The Morgan fingerprint density at radius 2 is 1.82 bits per heavy atom. The summed E-state index contributed by atoms with van der Waals surface area (Å²) in [6.07, 6.45) is 0. The average Bonchev–Trinajstić information content (AvgIpc) is 2.45. The van der Waals surface area contributed by atoms with Crippen molar-refractivity contribution >= 4 is 29.1 Å². The molecule has 0 aliphatic heterocycles. The molecule has 0 bridgehead atoms. The van der Waals surface area contributed by atoms with Gasteiger partial charge in [-0.1, -0.05) is 35.3 Å². The molecule has 0 aliphatic rings. The lowest BCUT2D eigenvalue weighted by Crippen LogP contribution is -2.35. The number of amides is 1. The highest BCUT2D eigenvalue weighted by atomic mass is 35.5. The van der Waals surface area contributed by atoms with Crippen LogP contribution in [-0.2, 0) is 5.92 Å². The number of carbonyl (C=O) groups is 1. The van der Waals surface area contributed by atoms with E-state index in [1.807, 2.05) is 5.32 Å². The van der Waals surface area contributed by atoms with E-state index in [1.165, 1.54) is 30.3 Å². The first kappa shape index (κ1) is 16.6. The lowest BCUT2D eigenvalue weighted by molar-refractivity contribution is -0.00240. The van der Waals surface area contributed by atoms with Gasteiger partial charge in [-0.15, -0.1) is 0 Å². The summed E-state index contributed by atoms with van der Waals surface area (Å²) in [5.74, 6) is -5.13. The molecule has 0 saturated carbocycles. The highest BCUT2D eigenvalue weighted by molar-refractivity contribution is 6.35. The van der Waals surface area contributed by atoms with Crippen molar-refractivity contribution in [2.75, 3.05) is 6.54 Å². The number of rotatable bonds is 4. The van der Waals surface area contributed by atoms with Gasteiger partial charge in [0.05, 0.1) is 17.1 Å². The minimum absolute atomic E-state index is 0.211. The van der Waals surface area contributed by atoms with Crippen molar-refractivity contribution in [2.24, 2.45) is 0 Å². The topological polar surface area (TPSA) is 29.1 Å². The van der Waals surface area contributed by atoms with Crippen LogP contribution in [0.4, 0.5) is 13.2 Å². The molecule has 0 aliphatic carbocycles. The molecule has 0 atom stereocenters. The van der Waals surface area contributed by atoms with Gasteiger partial charge in [0.15, 0.2) is 0 Å². The van der Waals surface area contributed by atoms with Crippen LogP contribution in [0, 0.1) is 5.82 Å². The first-order chi connectivity index (χ1) is 10.3. The first-order valence-electron chi connectivity index (χ1n) is 6.17. The van der Waals surface area contributed by atoms with Crippen LogP contribution in [0.15, 0.2) is 42.5 Å². The number of halogens is 5. The Bertz CT molecular complexity index is 707. The Morgan fingerprint density at radius 1 is 1.14 bits per heavy atom. The van der Waals surface area contributed by atoms with Crippen LogP contribution in [-0.4, -0.2) is 12.5 Å².